The van der Waals surface area contributed by atoms with Gasteiger partial charge < -0.3 is 4.74 Å². The van der Waals surface area contributed by atoms with Gasteiger partial charge in [0.05, 0.1) is 19.3 Å². The molecule has 1 saturated heterocycles. The number of nitrogens with one attached hydrogen (secondary N) is 1. The number of nitrogens with zero attached hydrogens (tertiary/aromatic N) is 2. The van der Waals surface area contributed by atoms with E-state index in [1.54, 1.807) is 0 Å². The molecule has 1 aliphatic heterocycles. The molecule has 0 bridgehead atoms. The van der Waals surface area contributed by atoms with Gasteiger partial charge in [-0.2, -0.15) is 5.26 Å². The SMILES string of the molecule is CCNC1(C#N)CCCC1CCN1CCOCC1. The van der Waals surface area contributed by atoms with Crippen molar-refractivity contribution < 1.29 is 4.74 Å². The molecule has 0 aromatic rings. The van der Waals surface area contributed by atoms with Crippen molar-refractivity contribution >= 4 is 0 Å². The van der Waals surface area contributed by atoms with Crippen molar-refractivity contribution in [3.63, 3.8) is 0 Å². The van der Waals surface area contributed by atoms with Crippen LogP contribution in [-0.2, 0) is 4.74 Å². The summed E-state index contributed by atoms with van der Waals surface area (Å²) in [6.07, 6.45) is 4.55. The van der Waals surface area contributed by atoms with Crippen molar-refractivity contribution in [2.75, 3.05) is 39.4 Å². The first-order valence-corrected chi connectivity index (χ1v) is 7.27. The second kappa shape index (κ2) is 6.51. The van der Waals surface area contributed by atoms with Crippen molar-refractivity contribution in [2.24, 2.45) is 5.92 Å². The van der Waals surface area contributed by atoms with Gasteiger partial charge in [-0.3, -0.25) is 10.2 Å². The molecule has 1 saturated carbocycles. The first-order chi connectivity index (χ1) is 8.80. The number of hydrogen-bond acceptors (Lipinski definition) is 4. The predicted octanol–water partition coefficient (Wildman–Crippen LogP) is 1.38. The summed E-state index contributed by atoms with van der Waals surface area (Å²) < 4.78 is 5.37. The maximum Gasteiger partial charge on any atom is 0.109 e. The van der Waals surface area contributed by atoms with E-state index >= 15 is 0 Å². The van der Waals surface area contributed by atoms with Crippen molar-refractivity contribution in [3.05, 3.63) is 0 Å². The maximum absolute atomic E-state index is 9.51. The molecule has 18 heavy (non-hydrogen) atoms. The third-order valence-electron chi connectivity index (χ3n) is 4.41. The zero-order chi connectivity index (χ0) is 12.8. The highest BCUT2D eigenvalue weighted by Crippen LogP contribution is 2.37. The molecule has 4 nitrogen and oxygen atoms in total. The van der Waals surface area contributed by atoms with Crippen LogP contribution in [0.5, 0.6) is 0 Å². The second-order valence-corrected chi connectivity index (χ2v) is 5.45. The Morgan fingerprint density at radius 1 is 1.44 bits per heavy atom. The molecular weight excluding hydrogens is 226 g/mol. The van der Waals surface area contributed by atoms with E-state index in [2.05, 4.69) is 23.2 Å². The smallest absolute Gasteiger partial charge is 0.109 e. The molecule has 0 amide bonds. The standard InChI is InChI=1S/C14H25N3O/c1-2-16-14(12-15)6-3-4-13(14)5-7-17-8-10-18-11-9-17/h13,16H,2-11H2,1H3. The lowest BCUT2D eigenvalue weighted by Crippen LogP contribution is -2.48. The molecule has 2 rings (SSSR count). The lowest BCUT2D eigenvalue weighted by molar-refractivity contribution is 0.0343. The first-order valence-electron chi connectivity index (χ1n) is 7.27. The lowest BCUT2D eigenvalue weighted by Gasteiger charge is -2.32. The molecule has 1 aliphatic carbocycles. The van der Waals surface area contributed by atoms with Gasteiger partial charge in [0.25, 0.3) is 0 Å². The van der Waals surface area contributed by atoms with Crippen molar-refractivity contribution in [1.82, 2.24) is 10.2 Å². The Balaban J connectivity index is 1.85. The van der Waals surface area contributed by atoms with Crippen molar-refractivity contribution in [2.45, 2.75) is 38.1 Å². The summed E-state index contributed by atoms with van der Waals surface area (Å²) in [6, 6.07) is 2.56. The van der Waals surface area contributed by atoms with Crippen LogP contribution in [0.3, 0.4) is 0 Å². The van der Waals surface area contributed by atoms with Crippen LogP contribution in [0, 0.1) is 17.2 Å². The zero-order valence-corrected chi connectivity index (χ0v) is 11.5. The van der Waals surface area contributed by atoms with Crippen LogP contribution in [-0.4, -0.2) is 49.8 Å². The number of nitriles is 1. The van der Waals surface area contributed by atoms with E-state index in [1.807, 2.05) is 0 Å². The molecule has 4 heteroatoms. The Hall–Kier alpha value is -0.630. The highest BCUT2D eigenvalue weighted by Gasteiger charge is 2.42. The molecule has 0 aromatic carbocycles. The van der Waals surface area contributed by atoms with Crippen LogP contribution in [0.2, 0.25) is 0 Å². The molecule has 2 fully saturated rings. The Morgan fingerprint density at radius 3 is 2.89 bits per heavy atom. The minimum absolute atomic E-state index is 0.249. The minimum atomic E-state index is -0.249. The van der Waals surface area contributed by atoms with Gasteiger partial charge in [0, 0.05) is 13.1 Å². The molecule has 2 aliphatic rings. The number of rotatable bonds is 5. The number of ether oxygens (including phenoxy) is 1. The Bertz CT molecular complexity index is 296. The molecule has 2 unspecified atom stereocenters. The molecule has 1 heterocycles. The average Bonchev–Trinajstić information content (AvgIpc) is 2.81. The van der Waals surface area contributed by atoms with E-state index in [-0.39, 0.29) is 5.54 Å². The minimum Gasteiger partial charge on any atom is -0.379 e. The topological polar surface area (TPSA) is 48.3 Å². The van der Waals surface area contributed by atoms with Crippen LogP contribution in [0.1, 0.15) is 32.6 Å². The van der Waals surface area contributed by atoms with Crippen LogP contribution in [0.15, 0.2) is 0 Å². The summed E-state index contributed by atoms with van der Waals surface area (Å²) in [4.78, 5) is 2.47. The Kier molecular flexibility index (Phi) is 4.99. The van der Waals surface area contributed by atoms with Gasteiger partial charge in [-0.25, -0.2) is 0 Å². The highest BCUT2D eigenvalue weighted by molar-refractivity contribution is 5.14. The molecule has 102 valence electrons. The molecule has 1 N–H and O–H groups in total. The maximum atomic E-state index is 9.51. The molecule has 0 radical (unpaired) electrons. The molecule has 0 aromatic heterocycles. The van der Waals surface area contributed by atoms with Crippen LogP contribution in [0.25, 0.3) is 0 Å². The lowest BCUT2D eigenvalue weighted by atomic mass is 9.85. The van der Waals surface area contributed by atoms with Gasteiger partial charge in [-0.1, -0.05) is 13.3 Å². The van der Waals surface area contributed by atoms with Gasteiger partial charge in [0.1, 0.15) is 5.54 Å². The quantitative estimate of drug-likeness (QED) is 0.802. The fraction of sp³-hybridized carbons (Fsp3) is 0.929. The summed E-state index contributed by atoms with van der Waals surface area (Å²) in [5.41, 5.74) is -0.249. The van der Waals surface area contributed by atoms with E-state index in [4.69, 9.17) is 4.74 Å². The van der Waals surface area contributed by atoms with Gasteiger partial charge in [-0.05, 0) is 38.3 Å². The highest BCUT2D eigenvalue weighted by atomic mass is 16.5. The summed E-state index contributed by atoms with van der Waals surface area (Å²) in [5.74, 6) is 0.519. The number of morpholine rings is 1. The van der Waals surface area contributed by atoms with E-state index in [9.17, 15) is 5.26 Å². The first kappa shape index (κ1) is 13.8. The van der Waals surface area contributed by atoms with Crippen molar-refractivity contribution in [3.8, 4) is 6.07 Å². The summed E-state index contributed by atoms with van der Waals surface area (Å²) >= 11 is 0. The van der Waals surface area contributed by atoms with Gasteiger partial charge >= 0.3 is 0 Å². The third kappa shape index (κ3) is 3.03. The van der Waals surface area contributed by atoms with E-state index < -0.39 is 0 Å². The number of hydrogen-bond donors (Lipinski definition) is 1. The van der Waals surface area contributed by atoms with Gasteiger partial charge in [0.15, 0.2) is 0 Å². The van der Waals surface area contributed by atoms with Crippen LogP contribution in [0.4, 0.5) is 0 Å². The molecule has 2 atom stereocenters. The van der Waals surface area contributed by atoms with E-state index in [0.717, 1.165) is 52.2 Å². The van der Waals surface area contributed by atoms with Gasteiger partial charge in [0.2, 0.25) is 0 Å². The fourth-order valence-corrected chi connectivity index (χ4v) is 3.37. The molecule has 0 spiro atoms. The van der Waals surface area contributed by atoms with Crippen LogP contribution >= 0.6 is 0 Å². The largest absolute Gasteiger partial charge is 0.379 e. The van der Waals surface area contributed by atoms with E-state index in [1.165, 1.54) is 12.8 Å². The molecular formula is C14H25N3O. The van der Waals surface area contributed by atoms with Crippen molar-refractivity contribution in [1.29, 1.82) is 5.26 Å². The van der Waals surface area contributed by atoms with E-state index in [0.29, 0.717) is 5.92 Å². The average molecular weight is 251 g/mol. The Labute approximate surface area is 110 Å². The third-order valence-corrected chi connectivity index (χ3v) is 4.41. The predicted molar refractivity (Wildman–Crippen MR) is 71.2 cm³/mol. The summed E-state index contributed by atoms with van der Waals surface area (Å²) in [5, 5.41) is 13.0. The van der Waals surface area contributed by atoms with Crippen LogP contribution < -0.4 is 5.32 Å². The van der Waals surface area contributed by atoms with Gasteiger partial charge in [-0.15, -0.1) is 0 Å². The zero-order valence-electron chi connectivity index (χ0n) is 11.5. The second-order valence-electron chi connectivity index (χ2n) is 5.45. The summed E-state index contributed by atoms with van der Waals surface area (Å²) in [7, 11) is 0. The fourth-order valence-electron chi connectivity index (χ4n) is 3.37. The normalized spacial score (nSPS) is 33.4. The monoisotopic (exact) mass is 251 g/mol. The summed E-state index contributed by atoms with van der Waals surface area (Å²) in [6.45, 7) is 7.92. The Morgan fingerprint density at radius 2 is 2.22 bits per heavy atom.